The number of rotatable bonds is 7. The van der Waals surface area contributed by atoms with Gasteiger partial charge in [0.25, 0.3) is 5.89 Å². The number of nitriles is 1. The minimum absolute atomic E-state index is 0.269. The number of ether oxygens (including phenoxy) is 2. The van der Waals surface area contributed by atoms with Gasteiger partial charge in [-0.2, -0.15) is 10.2 Å². The molecule has 4 rings (SSSR count). The summed E-state index contributed by atoms with van der Waals surface area (Å²) in [5, 5.41) is 13.9. The highest BCUT2D eigenvalue weighted by Gasteiger charge is 2.25. The van der Waals surface area contributed by atoms with Crippen LogP contribution in [0.15, 0.2) is 27.3 Å². The zero-order chi connectivity index (χ0) is 21.6. The van der Waals surface area contributed by atoms with E-state index in [9.17, 15) is 10.1 Å². The molecule has 3 aromatic rings. The van der Waals surface area contributed by atoms with Gasteiger partial charge in [-0.15, -0.1) is 0 Å². The molecule has 1 amide bonds. The average molecular weight is 425 g/mol. The van der Waals surface area contributed by atoms with Gasteiger partial charge in [0.1, 0.15) is 18.3 Å². The lowest BCUT2D eigenvalue weighted by molar-refractivity contribution is 0.0521. The van der Waals surface area contributed by atoms with Gasteiger partial charge in [-0.05, 0) is 31.7 Å². The topological polar surface area (TPSA) is 128 Å². The Hall–Kier alpha value is -3.45. The van der Waals surface area contributed by atoms with E-state index in [1.807, 2.05) is 13.0 Å². The second kappa shape index (κ2) is 9.57. The predicted molar refractivity (Wildman–Crippen MR) is 108 cm³/mol. The Morgan fingerprint density at radius 1 is 1.35 bits per heavy atom. The number of piperidine rings is 1. The number of pyridine rings is 1. The van der Waals surface area contributed by atoms with Crippen LogP contribution in [0.2, 0.25) is 0 Å². The number of furan rings is 1. The Bertz CT molecular complexity index is 1080. The molecule has 1 saturated heterocycles. The van der Waals surface area contributed by atoms with Crippen LogP contribution in [-0.4, -0.2) is 59.0 Å². The highest BCUT2D eigenvalue weighted by Crippen LogP contribution is 2.29. The Morgan fingerprint density at radius 2 is 2.19 bits per heavy atom. The van der Waals surface area contributed by atoms with Gasteiger partial charge in [-0.3, -0.25) is 0 Å². The third-order valence-corrected chi connectivity index (χ3v) is 5.23. The molecule has 31 heavy (non-hydrogen) atoms. The molecule has 0 radical (unpaired) electrons. The Morgan fingerprint density at radius 3 is 2.97 bits per heavy atom. The minimum Gasteiger partial charge on any atom is -0.451 e. The summed E-state index contributed by atoms with van der Waals surface area (Å²) in [6, 6.07) is 5.42. The van der Waals surface area contributed by atoms with Crippen molar-refractivity contribution in [2.24, 2.45) is 5.92 Å². The summed E-state index contributed by atoms with van der Waals surface area (Å²) in [4.78, 5) is 22.3. The van der Waals surface area contributed by atoms with Crippen molar-refractivity contribution in [3.63, 3.8) is 0 Å². The third-order valence-electron chi connectivity index (χ3n) is 5.23. The van der Waals surface area contributed by atoms with Crippen molar-refractivity contribution in [1.82, 2.24) is 20.0 Å². The van der Waals surface area contributed by atoms with E-state index < -0.39 is 0 Å². The number of hydrogen-bond donors (Lipinski definition) is 0. The molecule has 0 atom stereocenters. The summed E-state index contributed by atoms with van der Waals surface area (Å²) in [5.41, 5.74) is 0.831. The van der Waals surface area contributed by atoms with Gasteiger partial charge in [0.2, 0.25) is 0 Å². The number of aromatic nitrogens is 3. The van der Waals surface area contributed by atoms with Crippen LogP contribution in [0, 0.1) is 17.2 Å². The molecule has 0 N–H and O–H groups in total. The number of carbonyl (C=O) groups is 1. The Kier molecular flexibility index (Phi) is 6.43. The molecule has 0 aliphatic carbocycles. The van der Waals surface area contributed by atoms with Gasteiger partial charge < -0.3 is 23.3 Å². The molecule has 0 aromatic carbocycles. The second-order valence-electron chi connectivity index (χ2n) is 7.26. The van der Waals surface area contributed by atoms with Crippen molar-refractivity contribution >= 4 is 17.1 Å². The van der Waals surface area contributed by atoms with Crippen molar-refractivity contribution in [1.29, 1.82) is 5.26 Å². The molecule has 10 heteroatoms. The van der Waals surface area contributed by atoms with E-state index in [-0.39, 0.29) is 24.3 Å². The fraction of sp³-hybridized carbons (Fsp3) is 0.476. The molecule has 162 valence electrons. The van der Waals surface area contributed by atoms with E-state index >= 15 is 0 Å². The zero-order valence-corrected chi connectivity index (χ0v) is 17.2. The summed E-state index contributed by atoms with van der Waals surface area (Å²) in [6.07, 6.45) is 3.56. The number of fused-ring (bicyclic) bond motifs is 1. The number of hydrogen-bond acceptors (Lipinski definition) is 9. The highest BCUT2D eigenvalue weighted by molar-refractivity contribution is 5.85. The van der Waals surface area contributed by atoms with Crippen LogP contribution < -0.4 is 0 Å². The van der Waals surface area contributed by atoms with Crippen LogP contribution in [0.3, 0.4) is 0 Å². The lowest BCUT2D eigenvalue weighted by atomic mass is 9.93. The van der Waals surface area contributed by atoms with Gasteiger partial charge in [-0.25, -0.2) is 9.78 Å². The fourth-order valence-corrected chi connectivity index (χ4v) is 3.60. The monoisotopic (exact) mass is 425 g/mol. The average Bonchev–Trinajstić information content (AvgIpc) is 3.43. The molecule has 1 fully saturated rings. The molecule has 0 spiro atoms. The first-order valence-corrected chi connectivity index (χ1v) is 10.3. The van der Waals surface area contributed by atoms with Crippen LogP contribution in [0.4, 0.5) is 4.79 Å². The second-order valence-corrected chi connectivity index (χ2v) is 7.26. The minimum atomic E-state index is -0.295. The lowest BCUT2D eigenvalue weighted by Gasteiger charge is -2.30. The van der Waals surface area contributed by atoms with Crippen molar-refractivity contribution in [2.45, 2.75) is 26.2 Å². The number of likely N-dealkylation sites (tertiary alicyclic amines) is 1. The molecule has 4 heterocycles. The summed E-state index contributed by atoms with van der Waals surface area (Å²) in [5.74, 6) is 1.61. The molecule has 0 saturated carbocycles. The smallest absolute Gasteiger partial charge is 0.409 e. The summed E-state index contributed by atoms with van der Waals surface area (Å²) >= 11 is 0. The third kappa shape index (κ3) is 4.83. The number of carbonyl (C=O) groups excluding carboxylic acids is 1. The molecular formula is C21H23N5O5. The van der Waals surface area contributed by atoms with Crippen molar-refractivity contribution < 1.29 is 23.2 Å². The Labute approximate surface area is 178 Å². The van der Waals surface area contributed by atoms with Crippen molar-refractivity contribution in [3.05, 3.63) is 29.8 Å². The number of amides is 1. The fourth-order valence-electron chi connectivity index (χ4n) is 3.60. The van der Waals surface area contributed by atoms with Crippen LogP contribution in [0.25, 0.3) is 22.6 Å². The van der Waals surface area contributed by atoms with Crippen LogP contribution in [-0.2, 0) is 15.9 Å². The van der Waals surface area contributed by atoms with E-state index in [0.717, 1.165) is 12.8 Å². The quantitative estimate of drug-likeness (QED) is 0.524. The molecule has 1 aliphatic heterocycles. The van der Waals surface area contributed by atoms with E-state index in [0.29, 0.717) is 61.2 Å². The molecule has 10 nitrogen and oxygen atoms in total. The van der Waals surface area contributed by atoms with E-state index in [2.05, 4.69) is 15.1 Å². The summed E-state index contributed by atoms with van der Waals surface area (Å²) in [7, 11) is 0. The maximum absolute atomic E-state index is 12.1. The normalized spacial score (nSPS) is 14.6. The largest absolute Gasteiger partial charge is 0.451 e. The van der Waals surface area contributed by atoms with Crippen molar-refractivity contribution in [3.8, 4) is 17.7 Å². The van der Waals surface area contributed by atoms with Gasteiger partial charge in [0.15, 0.2) is 17.3 Å². The van der Waals surface area contributed by atoms with Crippen LogP contribution >= 0.6 is 0 Å². The molecule has 0 bridgehead atoms. The van der Waals surface area contributed by atoms with Gasteiger partial charge in [0.05, 0.1) is 12.0 Å². The van der Waals surface area contributed by atoms with E-state index in [4.69, 9.17) is 18.4 Å². The first kappa shape index (κ1) is 20.8. The molecule has 0 unspecified atom stereocenters. The molecule has 1 aliphatic rings. The van der Waals surface area contributed by atoms with Gasteiger partial charge in [-0.1, -0.05) is 5.16 Å². The van der Waals surface area contributed by atoms with Gasteiger partial charge >= 0.3 is 6.09 Å². The first-order valence-electron chi connectivity index (χ1n) is 10.3. The molecule has 3 aromatic heterocycles. The van der Waals surface area contributed by atoms with Crippen LogP contribution in [0.1, 0.15) is 31.3 Å². The lowest BCUT2D eigenvalue weighted by Crippen LogP contribution is -2.39. The maximum Gasteiger partial charge on any atom is 0.409 e. The zero-order valence-electron chi connectivity index (χ0n) is 17.2. The van der Waals surface area contributed by atoms with E-state index in [1.165, 1.54) is 6.20 Å². The summed E-state index contributed by atoms with van der Waals surface area (Å²) < 4.78 is 21.5. The van der Waals surface area contributed by atoms with E-state index in [1.54, 1.807) is 17.0 Å². The standard InChI is InChI=1S/C21H23N5O5/c1-2-28-9-10-29-21(27)26-7-4-14(5-8-26)11-19-24-20(31-25-19)18-12-15-16(13-22)23-6-3-17(15)30-18/h3,6,12,14H,2,4-5,7-11H2,1H3. The number of nitrogens with zero attached hydrogens (tertiary/aromatic N) is 5. The SMILES string of the molecule is CCOCCOC(=O)N1CCC(Cc2noc(-c3cc4c(C#N)nccc4o3)n2)CC1. The van der Waals surface area contributed by atoms with Crippen LogP contribution in [0.5, 0.6) is 0 Å². The molecular weight excluding hydrogens is 402 g/mol. The van der Waals surface area contributed by atoms with Crippen molar-refractivity contribution in [2.75, 3.05) is 32.9 Å². The maximum atomic E-state index is 12.1. The highest BCUT2D eigenvalue weighted by atomic mass is 16.6. The Balaban J connectivity index is 1.31. The summed E-state index contributed by atoms with van der Waals surface area (Å²) in [6.45, 7) is 4.46. The predicted octanol–water partition coefficient (Wildman–Crippen LogP) is 3.18. The van der Waals surface area contributed by atoms with Gasteiger partial charge in [0, 0.05) is 38.4 Å². The first-order chi connectivity index (χ1) is 15.2.